The molecule has 1 aliphatic heterocycles. The summed E-state index contributed by atoms with van der Waals surface area (Å²) >= 11 is 1.75. The fraction of sp³-hybridized carbons (Fsp3) is 0.786. The Morgan fingerprint density at radius 1 is 1.42 bits per heavy atom. The summed E-state index contributed by atoms with van der Waals surface area (Å²) < 4.78 is 5.78. The van der Waals surface area contributed by atoms with E-state index < -0.39 is 0 Å². The van der Waals surface area contributed by atoms with Gasteiger partial charge in [-0.05, 0) is 26.2 Å². The Morgan fingerprint density at radius 3 is 2.58 bits per heavy atom. The lowest BCUT2D eigenvalue weighted by atomic mass is 10.0. The zero-order valence-electron chi connectivity index (χ0n) is 12.3. The summed E-state index contributed by atoms with van der Waals surface area (Å²) in [5.74, 6) is 0.486. The van der Waals surface area contributed by atoms with E-state index in [0.717, 1.165) is 24.6 Å². The van der Waals surface area contributed by atoms with Crippen LogP contribution in [0.5, 0.6) is 0 Å². The second-order valence-electron chi connectivity index (χ2n) is 5.48. The molecule has 0 radical (unpaired) electrons. The Bertz CT molecular complexity index is 411. The first-order valence-corrected chi connectivity index (χ1v) is 7.96. The quantitative estimate of drug-likeness (QED) is 0.923. The van der Waals surface area contributed by atoms with Crippen LogP contribution in [0.15, 0.2) is 0 Å². The molecule has 0 saturated carbocycles. The zero-order valence-corrected chi connectivity index (χ0v) is 13.2. The molecule has 1 aliphatic rings. The van der Waals surface area contributed by atoms with Gasteiger partial charge in [0.1, 0.15) is 0 Å². The third-order valence-corrected chi connectivity index (χ3v) is 4.83. The van der Waals surface area contributed by atoms with Gasteiger partial charge in [0.05, 0.1) is 17.9 Å². The van der Waals surface area contributed by atoms with E-state index in [1.807, 2.05) is 0 Å². The van der Waals surface area contributed by atoms with Crippen molar-refractivity contribution in [2.75, 3.05) is 18.0 Å². The molecule has 0 spiro atoms. The van der Waals surface area contributed by atoms with Gasteiger partial charge in [-0.3, -0.25) is 0 Å². The van der Waals surface area contributed by atoms with Gasteiger partial charge in [0, 0.05) is 24.5 Å². The van der Waals surface area contributed by atoms with Crippen molar-refractivity contribution < 1.29 is 4.74 Å². The number of ether oxygens (including phenoxy) is 1. The number of anilines is 1. The Labute approximate surface area is 120 Å². The van der Waals surface area contributed by atoms with Crippen LogP contribution in [0, 0.1) is 0 Å². The predicted molar refractivity (Wildman–Crippen MR) is 80.9 cm³/mol. The first kappa shape index (κ1) is 14.8. The van der Waals surface area contributed by atoms with Gasteiger partial charge >= 0.3 is 0 Å². The van der Waals surface area contributed by atoms with E-state index in [1.54, 1.807) is 11.3 Å². The highest BCUT2D eigenvalue weighted by Gasteiger charge is 2.26. The van der Waals surface area contributed by atoms with Gasteiger partial charge in [0.25, 0.3) is 0 Å². The molecule has 2 N–H and O–H groups in total. The molecule has 5 heteroatoms. The molecule has 1 unspecified atom stereocenters. The van der Waals surface area contributed by atoms with Crippen LogP contribution in [-0.2, 0) is 11.3 Å². The second kappa shape index (κ2) is 6.20. The summed E-state index contributed by atoms with van der Waals surface area (Å²) in [6.07, 6.45) is 1.63. The highest BCUT2D eigenvalue weighted by molar-refractivity contribution is 7.15. The maximum Gasteiger partial charge on any atom is 0.186 e. The summed E-state index contributed by atoms with van der Waals surface area (Å²) in [7, 11) is 0. The molecule has 0 aromatic carbocycles. The average molecular weight is 283 g/mol. The van der Waals surface area contributed by atoms with Crippen molar-refractivity contribution in [2.45, 2.75) is 58.8 Å². The molecule has 1 saturated heterocycles. The number of hydrogen-bond donors (Lipinski definition) is 1. The Kier molecular flexibility index (Phi) is 4.81. The largest absolute Gasteiger partial charge is 0.372 e. The number of nitrogens with two attached hydrogens (primary N) is 1. The van der Waals surface area contributed by atoms with E-state index in [9.17, 15) is 0 Å². The standard InChI is InChI=1S/C14H25N3OS/c1-5-9(2)13-12(6-15)19-14(16-13)17-7-10(3)18-11(4)8-17/h9-11H,5-8,15H2,1-4H3/t9?,10-,11+. The van der Waals surface area contributed by atoms with Gasteiger partial charge in [-0.25, -0.2) is 4.98 Å². The van der Waals surface area contributed by atoms with Crippen molar-refractivity contribution >= 4 is 16.5 Å². The molecule has 0 aliphatic carbocycles. The smallest absolute Gasteiger partial charge is 0.186 e. The number of hydrogen-bond acceptors (Lipinski definition) is 5. The molecule has 2 heterocycles. The van der Waals surface area contributed by atoms with Crippen molar-refractivity contribution in [3.8, 4) is 0 Å². The Balaban J connectivity index is 2.22. The van der Waals surface area contributed by atoms with Crippen LogP contribution in [0.25, 0.3) is 0 Å². The van der Waals surface area contributed by atoms with Crippen LogP contribution in [0.2, 0.25) is 0 Å². The molecular weight excluding hydrogens is 258 g/mol. The summed E-state index contributed by atoms with van der Waals surface area (Å²) in [5, 5.41) is 1.11. The topological polar surface area (TPSA) is 51.4 Å². The van der Waals surface area contributed by atoms with Crippen molar-refractivity contribution in [1.29, 1.82) is 0 Å². The average Bonchev–Trinajstić information content (AvgIpc) is 2.80. The van der Waals surface area contributed by atoms with Gasteiger partial charge in [-0.2, -0.15) is 0 Å². The van der Waals surface area contributed by atoms with Crippen LogP contribution in [0.3, 0.4) is 0 Å². The van der Waals surface area contributed by atoms with Crippen LogP contribution in [0.4, 0.5) is 5.13 Å². The van der Waals surface area contributed by atoms with E-state index in [-0.39, 0.29) is 12.2 Å². The lowest BCUT2D eigenvalue weighted by molar-refractivity contribution is -0.00523. The summed E-state index contributed by atoms with van der Waals surface area (Å²) in [5.41, 5.74) is 7.06. The van der Waals surface area contributed by atoms with Crippen LogP contribution < -0.4 is 10.6 Å². The normalized spacial score (nSPS) is 25.6. The predicted octanol–water partition coefficient (Wildman–Crippen LogP) is 2.73. The zero-order chi connectivity index (χ0) is 14.0. The van der Waals surface area contributed by atoms with E-state index in [0.29, 0.717) is 12.5 Å². The lowest BCUT2D eigenvalue weighted by Crippen LogP contribution is -2.45. The fourth-order valence-corrected chi connectivity index (χ4v) is 3.62. The van der Waals surface area contributed by atoms with Crippen molar-refractivity contribution in [3.05, 3.63) is 10.6 Å². The van der Waals surface area contributed by atoms with E-state index >= 15 is 0 Å². The molecule has 1 aromatic rings. The molecule has 3 atom stereocenters. The number of aromatic nitrogens is 1. The number of nitrogens with zero attached hydrogens (tertiary/aromatic N) is 2. The Morgan fingerprint density at radius 2 is 2.05 bits per heavy atom. The first-order chi connectivity index (χ1) is 9.05. The maximum atomic E-state index is 5.87. The molecule has 19 heavy (non-hydrogen) atoms. The number of rotatable bonds is 4. The minimum Gasteiger partial charge on any atom is -0.372 e. The fourth-order valence-electron chi connectivity index (χ4n) is 2.54. The van der Waals surface area contributed by atoms with Gasteiger partial charge in [-0.15, -0.1) is 11.3 Å². The first-order valence-electron chi connectivity index (χ1n) is 7.15. The number of thiazole rings is 1. The van der Waals surface area contributed by atoms with Crippen LogP contribution in [-0.4, -0.2) is 30.3 Å². The molecule has 1 aromatic heterocycles. The molecule has 0 amide bonds. The second-order valence-corrected chi connectivity index (χ2v) is 6.54. The highest BCUT2D eigenvalue weighted by Crippen LogP contribution is 2.33. The van der Waals surface area contributed by atoms with Gasteiger partial charge in [0.15, 0.2) is 5.13 Å². The van der Waals surface area contributed by atoms with E-state index in [1.165, 1.54) is 10.6 Å². The Hall–Kier alpha value is -0.650. The van der Waals surface area contributed by atoms with Crippen molar-refractivity contribution in [1.82, 2.24) is 4.98 Å². The van der Waals surface area contributed by atoms with Gasteiger partial charge in [0.2, 0.25) is 0 Å². The lowest BCUT2D eigenvalue weighted by Gasteiger charge is -2.35. The third-order valence-electron chi connectivity index (χ3n) is 3.67. The van der Waals surface area contributed by atoms with Crippen molar-refractivity contribution in [2.24, 2.45) is 5.73 Å². The van der Waals surface area contributed by atoms with E-state index in [4.69, 9.17) is 15.5 Å². The highest BCUT2D eigenvalue weighted by atomic mass is 32.1. The van der Waals surface area contributed by atoms with Crippen LogP contribution in [0.1, 0.15) is 50.6 Å². The van der Waals surface area contributed by atoms with Crippen molar-refractivity contribution in [3.63, 3.8) is 0 Å². The molecule has 4 nitrogen and oxygen atoms in total. The molecule has 0 bridgehead atoms. The molecular formula is C14H25N3OS. The third kappa shape index (κ3) is 3.27. The van der Waals surface area contributed by atoms with E-state index in [2.05, 4.69) is 32.6 Å². The maximum absolute atomic E-state index is 5.87. The minimum absolute atomic E-state index is 0.265. The molecule has 2 rings (SSSR count). The van der Waals surface area contributed by atoms with Gasteiger partial charge in [-0.1, -0.05) is 13.8 Å². The summed E-state index contributed by atoms with van der Waals surface area (Å²) in [6.45, 7) is 11.1. The minimum atomic E-state index is 0.265. The van der Waals surface area contributed by atoms with Crippen LogP contribution >= 0.6 is 11.3 Å². The number of morpholine rings is 1. The van der Waals surface area contributed by atoms with Gasteiger partial charge < -0.3 is 15.4 Å². The molecule has 1 fully saturated rings. The SMILES string of the molecule is CCC(C)c1nc(N2C[C@@H](C)O[C@@H](C)C2)sc1CN. The monoisotopic (exact) mass is 283 g/mol. The molecule has 108 valence electrons. The summed E-state index contributed by atoms with van der Waals surface area (Å²) in [4.78, 5) is 8.43. The summed E-state index contributed by atoms with van der Waals surface area (Å²) in [6, 6.07) is 0.